The molecule has 76 valence electrons. The molecular formula is C7H12O6. The van der Waals surface area contributed by atoms with E-state index in [1.165, 1.54) is 7.11 Å². The molecule has 0 aromatic rings. The molecule has 0 aliphatic carbocycles. The first-order valence-electron chi connectivity index (χ1n) is 4.06. The lowest BCUT2D eigenvalue weighted by molar-refractivity contribution is -0.322. The van der Waals surface area contributed by atoms with Crippen LogP contribution < -0.4 is 0 Å². The maximum atomic E-state index is 9.53. The van der Waals surface area contributed by atoms with Crippen molar-refractivity contribution >= 4 is 0 Å². The van der Waals surface area contributed by atoms with Crippen molar-refractivity contribution < 1.29 is 29.5 Å². The number of fused-ring (bicyclic) bond motifs is 1. The van der Waals surface area contributed by atoms with Crippen LogP contribution in [-0.2, 0) is 19.2 Å². The van der Waals surface area contributed by atoms with E-state index in [-0.39, 0.29) is 12.7 Å². The van der Waals surface area contributed by atoms with Gasteiger partial charge in [-0.2, -0.15) is 0 Å². The molecule has 0 saturated carbocycles. The zero-order chi connectivity index (χ0) is 9.42. The minimum atomic E-state index is -1.10. The average molecular weight is 192 g/mol. The van der Waals surface area contributed by atoms with Crippen molar-refractivity contribution in [2.45, 2.75) is 30.7 Å². The number of methoxy groups -OCH3 is 1. The van der Waals surface area contributed by atoms with Crippen molar-refractivity contribution in [3.8, 4) is 0 Å². The van der Waals surface area contributed by atoms with Crippen LogP contribution in [0.3, 0.4) is 0 Å². The van der Waals surface area contributed by atoms with Gasteiger partial charge in [-0.25, -0.2) is 9.78 Å². The Morgan fingerprint density at radius 2 is 2.08 bits per heavy atom. The summed E-state index contributed by atoms with van der Waals surface area (Å²) in [5, 5.41) is 19.0. The Kier molecular flexibility index (Phi) is 2.50. The number of aliphatic hydroxyl groups is 2. The number of ether oxygens (including phenoxy) is 2. The van der Waals surface area contributed by atoms with Gasteiger partial charge in [0.25, 0.3) is 0 Å². The monoisotopic (exact) mass is 192 g/mol. The van der Waals surface area contributed by atoms with Gasteiger partial charge in [0.1, 0.15) is 31.0 Å². The van der Waals surface area contributed by atoms with Crippen LogP contribution in [0.1, 0.15) is 0 Å². The summed E-state index contributed by atoms with van der Waals surface area (Å²) in [6.45, 7) is 0.244. The van der Waals surface area contributed by atoms with E-state index < -0.39 is 24.6 Å². The lowest BCUT2D eigenvalue weighted by Crippen LogP contribution is -2.57. The van der Waals surface area contributed by atoms with Crippen molar-refractivity contribution in [3.63, 3.8) is 0 Å². The number of hydrogen-bond donors (Lipinski definition) is 2. The maximum Gasteiger partial charge on any atom is 0.186 e. The Balaban J connectivity index is 2.08. The molecule has 5 unspecified atom stereocenters. The van der Waals surface area contributed by atoms with Crippen LogP contribution in [0.15, 0.2) is 0 Å². The van der Waals surface area contributed by atoms with Gasteiger partial charge in [0.05, 0.1) is 0 Å². The highest BCUT2D eigenvalue weighted by Gasteiger charge is 2.49. The summed E-state index contributed by atoms with van der Waals surface area (Å²) in [6.07, 6.45) is -3.95. The molecule has 0 bridgehead atoms. The first-order valence-corrected chi connectivity index (χ1v) is 4.06. The molecule has 2 fully saturated rings. The number of hydrogen-bond acceptors (Lipinski definition) is 6. The number of aliphatic hydroxyl groups excluding tert-OH is 2. The largest absolute Gasteiger partial charge is 0.387 e. The van der Waals surface area contributed by atoms with Gasteiger partial charge in [0.15, 0.2) is 6.29 Å². The summed E-state index contributed by atoms with van der Waals surface area (Å²) in [6, 6.07) is 0. The second-order valence-electron chi connectivity index (χ2n) is 3.11. The Bertz CT molecular complexity index is 186. The zero-order valence-corrected chi connectivity index (χ0v) is 7.12. The highest BCUT2D eigenvalue weighted by molar-refractivity contribution is 4.91. The quantitative estimate of drug-likeness (QED) is 0.488. The molecule has 0 amide bonds. The fourth-order valence-corrected chi connectivity index (χ4v) is 1.54. The van der Waals surface area contributed by atoms with Crippen molar-refractivity contribution in [2.75, 3.05) is 13.7 Å². The van der Waals surface area contributed by atoms with E-state index in [2.05, 4.69) is 4.89 Å². The van der Waals surface area contributed by atoms with Gasteiger partial charge >= 0.3 is 0 Å². The summed E-state index contributed by atoms with van der Waals surface area (Å²) in [4.78, 5) is 9.39. The zero-order valence-electron chi connectivity index (χ0n) is 7.12. The summed E-state index contributed by atoms with van der Waals surface area (Å²) >= 11 is 0. The molecule has 0 aromatic heterocycles. The van der Waals surface area contributed by atoms with Gasteiger partial charge in [0.2, 0.25) is 0 Å². The Morgan fingerprint density at radius 1 is 1.31 bits per heavy atom. The van der Waals surface area contributed by atoms with Crippen molar-refractivity contribution in [1.82, 2.24) is 0 Å². The standard InChI is InChI=1S/C7H12O6/c1-10-7-5(9)4(8)6-3(12-7)2-11-13-6/h3-9H,2H2,1H3. The van der Waals surface area contributed by atoms with Gasteiger partial charge in [-0.15, -0.1) is 0 Å². The Hall–Kier alpha value is -0.240. The van der Waals surface area contributed by atoms with E-state index in [0.29, 0.717) is 0 Å². The van der Waals surface area contributed by atoms with Gasteiger partial charge in [0, 0.05) is 7.11 Å². The summed E-state index contributed by atoms with van der Waals surface area (Å²) < 4.78 is 10.1. The molecule has 0 aromatic carbocycles. The highest BCUT2D eigenvalue weighted by Crippen LogP contribution is 2.27. The summed E-state index contributed by atoms with van der Waals surface area (Å²) in [5.74, 6) is 0. The van der Waals surface area contributed by atoms with Crippen LogP contribution in [0.2, 0.25) is 0 Å². The lowest BCUT2D eigenvalue weighted by atomic mass is 10.00. The van der Waals surface area contributed by atoms with Gasteiger partial charge in [-0.3, -0.25) is 0 Å². The van der Waals surface area contributed by atoms with Crippen molar-refractivity contribution in [2.24, 2.45) is 0 Å². The molecule has 13 heavy (non-hydrogen) atoms. The van der Waals surface area contributed by atoms with Gasteiger partial charge in [-0.05, 0) is 0 Å². The summed E-state index contributed by atoms with van der Waals surface area (Å²) in [7, 11) is 1.40. The van der Waals surface area contributed by atoms with Crippen molar-refractivity contribution in [1.29, 1.82) is 0 Å². The van der Waals surface area contributed by atoms with Crippen LogP contribution in [0.5, 0.6) is 0 Å². The molecule has 2 saturated heterocycles. The third-order valence-electron chi connectivity index (χ3n) is 2.28. The normalized spacial score (nSPS) is 50.5. The van der Waals surface area contributed by atoms with E-state index >= 15 is 0 Å². The highest BCUT2D eigenvalue weighted by atomic mass is 17.2. The van der Waals surface area contributed by atoms with Crippen molar-refractivity contribution in [3.05, 3.63) is 0 Å². The molecule has 2 rings (SSSR count). The van der Waals surface area contributed by atoms with Crippen LogP contribution in [0, 0.1) is 0 Å². The fraction of sp³-hybridized carbons (Fsp3) is 1.00. The third kappa shape index (κ3) is 1.45. The average Bonchev–Trinajstić information content (AvgIpc) is 2.59. The first-order chi connectivity index (χ1) is 6.24. The van der Waals surface area contributed by atoms with E-state index in [1.807, 2.05) is 0 Å². The van der Waals surface area contributed by atoms with E-state index in [1.54, 1.807) is 0 Å². The van der Waals surface area contributed by atoms with Crippen LogP contribution in [0.25, 0.3) is 0 Å². The molecule has 2 N–H and O–H groups in total. The second-order valence-corrected chi connectivity index (χ2v) is 3.11. The van der Waals surface area contributed by atoms with Crippen LogP contribution in [-0.4, -0.2) is 54.6 Å². The van der Waals surface area contributed by atoms with E-state index in [4.69, 9.17) is 14.4 Å². The lowest BCUT2D eigenvalue weighted by Gasteiger charge is -2.36. The molecule has 2 aliphatic heterocycles. The molecule has 5 atom stereocenters. The first kappa shape index (κ1) is 9.32. The molecule has 0 spiro atoms. The Morgan fingerprint density at radius 3 is 2.77 bits per heavy atom. The minimum absolute atomic E-state index is 0.244. The maximum absolute atomic E-state index is 9.53. The van der Waals surface area contributed by atoms with Crippen LogP contribution >= 0.6 is 0 Å². The molecule has 2 aliphatic rings. The molecular weight excluding hydrogens is 180 g/mol. The predicted octanol–water partition coefficient (Wildman–Crippen LogP) is -1.59. The topological polar surface area (TPSA) is 77.4 Å². The van der Waals surface area contributed by atoms with E-state index in [0.717, 1.165) is 0 Å². The molecule has 0 radical (unpaired) electrons. The smallest absolute Gasteiger partial charge is 0.186 e. The van der Waals surface area contributed by atoms with E-state index in [9.17, 15) is 10.2 Å². The predicted molar refractivity (Wildman–Crippen MR) is 38.5 cm³/mol. The van der Waals surface area contributed by atoms with Gasteiger partial charge < -0.3 is 19.7 Å². The SMILES string of the molecule is COC1OC2COOC2C(O)C1O. The summed E-state index contributed by atoms with van der Waals surface area (Å²) in [5.41, 5.74) is 0. The van der Waals surface area contributed by atoms with Gasteiger partial charge in [-0.1, -0.05) is 0 Å². The Labute approximate surface area is 74.9 Å². The molecule has 6 nitrogen and oxygen atoms in total. The third-order valence-corrected chi connectivity index (χ3v) is 2.28. The minimum Gasteiger partial charge on any atom is -0.387 e. The molecule has 2 heterocycles. The number of rotatable bonds is 1. The fourth-order valence-electron chi connectivity index (χ4n) is 1.54. The second kappa shape index (κ2) is 3.49. The van der Waals surface area contributed by atoms with Crippen LogP contribution in [0.4, 0.5) is 0 Å². The molecule has 6 heteroatoms.